The maximum atomic E-state index is 11.9. The minimum absolute atomic E-state index is 0. The first-order valence-electron chi connectivity index (χ1n) is 9.75. The molecule has 178 valence electrons. The van der Waals surface area contributed by atoms with Gasteiger partial charge in [-0.05, 0) is 36.2 Å². The van der Waals surface area contributed by atoms with Gasteiger partial charge in [-0.15, -0.1) is 0 Å². The molecule has 0 heterocycles. The predicted molar refractivity (Wildman–Crippen MR) is 121 cm³/mol. The Kier molecular flexibility index (Phi) is 18.7. The number of methoxy groups -OCH3 is 5. The molecule has 9 heteroatoms. The van der Waals surface area contributed by atoms with Crippen molar-refractivity contribution in [3.8, 4) is 28.4 Å². The summed E-state index contributed by atoms with van der Waals surface area (Å²) in [7, 11) is 7.80. The van der Waals surface area contributed by atoms with Gasteiger partial charge in [-0.1, -0.05) is 20.8 Å². The number of benzene rings is 2. The van der Waals surface area contributed by atoms with E-state index < -0.39 is 11.9 Å². The fourth-order valence-corrected chi connectivity index (χ4v) is 2.56. The molecule has 0 unspecified atom stereocenters. The van der Waals surface area contributed by atoms with Crippen LogP contribution in [0, 0.1) is 5.92 Å². The smallest absolute Gasteiger partial charge is 0.857 e. The van der Waals surface area contributed by atoms with E-state index in [9.17, 15) is 9.59 Å². The maximum absolute atomic E-state index is 11.9. The molecule has 2 aromatic rings. The Bertz CT molecular complexity index is 853. The standard InChI is InChI=1S/C19H20O7.C4H10.CH3O.Cs/c1-22-14-8-11(18(20)25-4)6-7-13(14)17-15(23-2)9-12(19(21)26-5)10-16(17)24-3;1-4(2)3;1-2;/h6-10H,1-5H3;4H,1-3H3;1H3;/q;;-1;+1. The fourth-order valence-electron chi connectivity index (χ4n) is 2.56. The first-order chi connectivity index (χ1) is 15.2. The second-order valence-corrected chi connectivity index (χ2v) is 6.89. The van der Waals surface area contributed by atoms with Crippen molar-refractivity contribution in [2.45, 2.75) is 20.8 Å². The molecule has 0 bridgehead atoms. The van der Waals surface area contributed by atoms with Gasteiger partial charge in [0.1, 0.15) is 17.2 Å². The summed E-state index contributed by atoms with van der Waals surface area (Å²) in [6, 6.07) is 7.98. The van der Waals surface area contributed by atoms with Crippen LogP contribution in [0.4, 0.5) is 0 Å². The van der Waals surface area contributed by atoms with Crippen LogP contribution in [0.1, 0.15) is 41.5 Å². The van der Waals surface area contributed by atoms with Gasteiger partial charge in [0.25, 0.3) is 0 Å². The average molecular weight is 582 g/mol. The molecule has 2 rings (SSSR count). The largest absolute Gasteiger partial charge is 1.00 e. The van der Waals surface area contributed by atoms with E-state index in [4.69, 9.17) is 28.8 Å². The Hall–Kier alpha value is -1.21. The Labute approximate surface area is 255 Å². The van der Waals surface area contributed by atoms with Crippen molar-refractivity contribution in [2.24, 2.45) is 5.92 Å². The summed E-state index contributed by atoms with van der Waals surface area (Å²) in [4.78, 5) is 23.6. The molecular weight excluding hydrogens is 549 g/mol. The zero-order chi connectivity index (χ0) is 24.8. The third-order valence-corrected chi connectivity index (χ3v) is 3.82. The zero-order valence-corrected chi connectivity index (χ0v) is 27.5. The molecule has 0 saturated carbocycles. The molecule has 2 aromatic carbocycles. The van der Waals surface area contributed by atoms with E-state index in [1.54, 1.807) is 30.3 Å². The summed E-state index contributed by atoms with van der Waals surface area (Å²) in [5, 5.41) is 8.25. The predicted octanol–water partition coefficient (Wildman–Crippen LogP) is 0.595. The van der Waals surface area contributed by atoms with Gasteiger partial charge in [-0.25, -0.2) is 9.59 Å². The first kappa shape index (κ1) is 34.0. The molecule has 8 nitrogen and oxygen atoms in total. The van der Waals surface area contributed by atoms with Gasteiger partial charge in [-0.3, -0.25) is 0 Å². The Balaban J connectivity index is 0. The molecule has 0 radical (unpaired) electrons. The molecule has 0 spiro atoms. The van der Waals surface area contributed by atoms with Crippen molar-refractivity contribution in [3.63, 3.8) is 0 Å². The van der Waals surface area contributed by atoms with E-state index in [0.29, 0.717) is 33.9 Å². The van der Waals surface area contributed by atoms with Crippen LogP contribution in [-0.2, 0) is 9.47 Å². The van der Waals surface area contributed by atoms with E-state index in [0.717, 1.165) is 13.0 Å². The quantitative estimate of drug-likeness (QED) is 0.457. The van der Waals surface area contributed by atoms with Crippen molar-refractivity contribution in [3.05, 3.63) is 41.5 Å². The van der Waals surface area contributed by atoms with Gasteiger partial charge in [-0.2, -0.15) is 7.11 Å². The number of ether oxygens (including phenoxy) is 5. The minimum atomic E-state index is -0.513. The summed E-state index contributed by atoms with van der Waals surface area (Å²) < 4.78 is 25.8. The summed E-state index contributed by atoms with van der Waals surface area (Å²) in [5.41, 5.74) is 1.84. The first-order valence-corrected chi connectivity index (χ1v) is 9.75. The third-order valence-electron chi connectivity index (χ3n) is 3.82. The maximum Gasteiger partial charge on any atom is 1.00 e. The van der Waals surface area contributed by atoms with E-state index >= 15 is 0 Å². The Morgan fingerprint density at radius 1 is 0.697 bits per heavy atom. The molecule has 0 atom stereocenters. The molecule has 0 amide bonds. The van der Waals surface area contributed by atoms with Crippen molar-refractivity contribution in [1.29, 1.82) is 0 Å². The molecular formula is C24H33CsO8. The number of carbonyl (C=O) groups is 2. The molecule has 0 saturated heterocycles. The van der Waals surface area contributed by atoms with Crippen molar-refractivity contribution < 1.29 is 107 Å². The van der Waals surface area contributed by atoms with Gasteiger partial charge >= 0.3 is 80.8 Å². The second kappa shape index (κ2) is 18.2. The van der Waals surface area contributed by atoms with Crippen LogP contribution >= 0.6 is 0 Å². The molecule has 0 aliphatic heterocycles. The topological polar surface area (TPSA) is 103 Å². The van der Waals surface area contributed by atoms with Crippen LogP contribution < -0.4 is 88.2 Å². The molecule has 0 aliphatic carbocycles. The van der Waals surface area contributed by atoms with E-state index in [-0.39, 0.29) is 74.5 Å². The Morgan fingerprint density at radius 2 is 1.06 bits per heavy atom. The second-order valence-electron chi connectivity index (χ2n) is 6.89. The molecule has 33 heavy (non-hydrogen) atoms. The molecule has 0 fully saturated rings. The van der Waals surface area contributed by atoms with E-state index in [2.05, 4.69) is 20.8 Å². The average Bonchev–Trinajstić information content (AvgIpc) is 2.82. The normalized spacial score (nSPS) is 9.18. The van der Waals surface area contributed by atoms with Crippen molar-refractivity contribution in [1.82, 2.24) is 0 Å². The number of hydrogen-bond donors (Lipinski definition) is 0. The SMILES string of the molecule is CC(C)C.COC(=O)c1ccc(-c2c(OC)cc(C(=O)OC)cc2OC)c(OC)c1.C[O-].[Cs+]. The van der Waals surface area contributed by atoms with Gasteiger partial charge in [0.05, 0.1) is 52.2 Å². The molecule has 0 aromatic heterocycles. The van der Waals surface area contributed by atoms with Gasteiger partial charge in [0, 0.05) is 5.56 Å². The van der Waals surface area contributed by atoms with Crippen LogP contribution in [0.3, 0.4) is 0 Å². The van der Waals surface area contributed by atoms with Crippen molar-refractivity contribution in [2.75, 3.05) is 42.7 Å². The third kappa shape index (κ3) is 10.3. The van der Waals surface area contributed by atoms with Crippen LogP contribution in [0.5, 0.6) is 17.2 Å². The summed E-state index contributed by atoms with van der Waals surface area (Å²) >= 11 is 0. The minimum Gasteiger partial charge on any atom is -0.857 e. The number of carbonyl (C=O) groups excluding carboxylic acids is 2. The number of rotatable bonds is 6. The number of hydrogen-bond acceptors (Lipinski definition) is 8. The van der Waals surface area contributed by atoms with Gasteiger partial charge in [0.2, 0.25) is 0 Å². The Morgan fingerprint density at radius 3 is 1.42 bits per heavy atom. The summed E-state index contributed by atoms with van der Waals surface area (Å²) in [6.45, 7) is 6.50. The fraction of sp³-hybridized carbons (Fsp3) is 0.417. The van der Waals surface area contributed by atoms with E-state index in [1.807, 2.05) is 0 Å². The van der Waals surface area contributed by atoms with Crippen LogP contribution in [0.2, 0.25) is 0 Å². The number of esters is 2. The monoisotopic (exact) mass is 582 g/mol. The van der Waals surface area contributed by atoms with Crippen LogP contribution in [-0.4, -0.2) is 54.6 Å². The van der Waals surface area contributed by atoms with E-state index in [1.165, 1.54) is 35.5 Å². The van der Waals surface area contributed by atoms with Crippen LogP contribution in [0.15, 0.2) is 30.3 Å². The summed E-state index contributed by atoms with van der Waals surface area (Å²) in [5.74, 6) is 1.06. The van der Waals surface area contributed by atoms with Gasteiger partial charge < -0.3 is 28.8 Å². The molecule has 0 aliphatic rings. The molecule has 0 N–H and O–H groups in total. The van der Waals surface area contributed by atoms with Crippen LogP contribution in [0.25, 0.3) is 11.1 Å². The summed E-state index contributed by atoms with van der Waals surface area (Å²) in [6.07, 6.45) is 0. The van der Waals surface area contributed by atoms with Crippen molar-refractivity contribution >= 4 is 11.9 Å². The zero-order valence-electron chi connectivity index (χ0n) is 21.2. The van der Waals surface area contributed by atoms with Gasteiger partial charge in [0.15, 0.2) is 0 Å².